The van der Waals surface area contributed by atoms with E-state index in [2.05, 4.69) is 10.0 Å². The van der Waals surface area contributed by atoms with Crippen molar-refractivity contribution in [3.8, 4) is 5.75 Å². The van der Waals surface area contributed by atoms with Crippen molar-refractivity contribution in [1.29, 1.82) is 0 Å². The number of amides is 1. The minimum absolute atomic E-state index is 0.00166. The molecular weight excluding hydrogens is 424 g/mol. The van der Waals surface area contributed by atoms with Gasteiger partial charge in [0, 0.05) is 17.6 Å². The van der Waals surface area contributed by atoms with E-state index < -0.39 is 10.0 Å². The van der Waals surface area contributed by atoms with Crippen LogP contribution >= 0.6 is 11.6 Å². The van der Waals surface area contributed by atoms with Gasteiger partial charge in [-0.1, -0.05) is 49.1 Å². The van der Waals surface area contributed by atoms with Crippen LogP contribution in [0.4, 0.5) is 0 Å². The quantitative estimate of drug-likeness (QED) is 0.637. The third-order valence-electron chi connectivity index (χ3n) is 5.18. The van der Waals surface area contributed by atoms with Crippen LogP contribution in [0.5, 0.6) is 5.75 Å². The van der Waals surface area contributed by atoms with Crippen LogP contribution < -0.4 is 14.8 Å². The maximum Gasteiger partial charge on any atom is 0.258 e. The summed E-state index contributed by atoms with van der Waals surface area (Å²) in [7, 11) is -3.57. The Balaban J connectivity index is 1.54. The van der Waals surface area contributed by atoms with Gasteiger partial charge in [0.15, 0.2) is 6.61 Å². The van der Waals surface area contributed by atoms with Gasteiger partial charge in [0.1, 0.15) is 5.75 Å². The lowest BCUT2D eigenvalue weighted by Crippen LogP contribution is -2.36. The minimum atomic E-state index is -3.57. The first-order chi connectivity index (χ1) is 14.3. The SMILES string of the molecule is Cc1cc(S(=O)(=O)NC2CCCCC2)ccc1OCC(=O)NCc1ccccc1Cl. The summed E-state index contributed by atoms with van der Waals surface area (Å²) >= 11 is 6.08. The van der Waals surface area contributed by atoms with Crippen LogP contribution in [0.1, 0.15) is 43.2 Å². The third kappa shape index (κ3) is 6.20. The summed E-state index contributed by atoms with van der Waals surface area (Å²) in [6.45, 7) is 1.90. The molecule has 162 valence electrons. The number of carbonyl (C=O) groups excluding carboxylic acids is 1. The summed E-state index contributed by atoms with van der Waals surface area (Å²) in [5.41, 5.74) is 1.48. The van der Waals surface area contributed by atoms with Gasteiger partial charge in [-0.15, -0.1) is 0 Å². The van der Waals surface area contributed by atoms with Crippen molar-refractivity contribution in [3.63, 3.8) is 0 Å². The highest BCUT2D eigenvalue weighted by Crippen LogP contribution is 2.24. The van der Waals surface area contributed by atoms with Crippen LogP contribution in [-0.4, -0.2) is 27.0 Å². The summed E-state index contributed by atoms with van der Waals surface area (Å²) < 4.78 is 33.7. The summed E-state index contributed by atoms with van der Waals surface area (Å²) in [6, 6.07) is 12.0. The van der Waals surface area contributed by atoms with Gasteiger partial charge in [-0.25, -0.2) is 13.1 Å². The highest BCUT2D eigenvalue weighted by molar-refractivity contribution is 7.89. The Bertz CT molecular complexity index is 988. The smallest absolute Gasteiger partial charge is 0.258 e. The Morgan fingerprint density at radius 1 is 1.13 bits per heavy atom. The first kappa shape index (κ1) is 22.6. The monoisotopic (exact) mass is 450 g/mol. The summed E-state index contributed by atoms with van der Waals surface area (Å²) in [4.78, 5) is 12.3. The van der Waals surface area contributed by atoms with E-state index in [1.54, 1.807) is 25.1 Å². The van der Waals surface area contributed by atoms with Gasteiger partial charge in [0.2, 0.25) is 10.0 Å². The average Bonchev–Trinajstić information content (AvgIpc) is 2.72. The Hall–Kier alpha value is -2.09. The van der Waals surface area contributed by atoms with Crippen LogP contribution in [0, 0.1) is 6.92 Å². The van der Waals surface area contributed by atoms with Gasteiger partial charge < -0.3 is 10.1 Å². The molecule has 3 rings (SSSR count). The van der Waals surface area contributed by atoms with Crippen molar-refractivity contribution in [2.24, 2.45) is 0 Å². The van der Waals surface area contributed by atoms with E-state index in [9.17, 15) is 13.2 Å². The fourth-order valence-corrected chi connectivity index (χ4v) is 5.08. The number of halogens is 1. The third-order valence-corrected chi connectivity index (χ3v) is 7.06. The molecule has 0 unspecified atom stereocenters. The normalized spacial score (nSPS) is 15.0. The minimum Gasteiger partial charge on any atom is -0.484 e. The molecule has 2 aromatic carbocycles. The van der Waals surface area contributed by atoms with Crippen LogP contribution in [-0.2, 0) is 21.4 Å². The first-order valence-electron chi connectivity index (χ1n) is 10.1. The molecule has 1 aliphatic carbocycles. The second kappa shape index (κ2) is 10.3. The Morgan fingerprint density at radius 2 is 1.87 bits per heavy atom. The maximum atomic E-state index is 12.7. The predicted octanol–water partition coefficient (Wildman–Crippen LogP) is 3.95. The molecule has 0 aliphatic heterocycles. The summed E-state index contributed by atoms with van der Waals surface area (Å²) in [5.74, 6) is 0.185. The fourth-order valence-electron chi connectivity index (χ4n) is 3.49. The van der Waals surface area contributed by atoms with Gasteiger partial charge in [0.05, 0.1) is 4.90 Å². The molecule has 1 fully saturated rings. The van der Waals surface area contributed by atoms with E-state index in [-0.39, 0.29) is 23.5 Å². The Labute approximate surface area is 183 Å². The number of hydrogen-bond acceptors (Lipinski definition) is 4. The van der Waals surface area contributed by atoms with Crippen molar-refractivity contribution in [2.45, 2.75) is 56.5 Å². The lowest BCUT2D eigenvalue weighted by Gasteiger charge is -2.22. The van der Waals surface area contributed by atoms with E-state index in [0.717, 1.165) is 37.7 Å². The van der Waals surface area contributed by atoms with Gasteiger partial charge >= 0.3 is 0 Å². The van der Waals surface area contributed by atoms with E-state index in [1.807, 2.05) is 18.2 Å². The second-order valence-electron chi connectivity index (χ2n) is 7.54. The van der Waals surface area contributed by atoms with Crippen LogP contribution in [0.3, 0.4) is 0 Å². The molecular formula is C22H27ClN2O4S. The topological polar surface area (TPSA) is 84.5 Å². The van der Waals surface area contributed by atoms with Gasteiger partial charge in [-0.3, -0.25) is 4.79 Å². The molecule has 0 aromatic heterocycles. The predicted molar refractivity (Wildman–Crippen MR) is 117 cm³/mol. The van der Waals surface area contributed by atoms with Gasteiger partial charge in [-0.05, 0) is 55.2 Å². The molecule has 8 heteroatoms. The molecule has 0 heterocycles. The summed E-state index contributed by atoms with van der Waals surface area (Å²) in [6.07, 6.45) is 5.02. The molecule has 2 N–H and O–H groups in total. The van der Waals surface area contributed by atoms with Crippen molar-refractivity contribution in [2.75, 3.05) is 6.61 Å². The molecule has 1 aliphatic rings. The lowest BCUT2D eigenvalue weighted by molar-refractivity contribution is -0.123. The number of carbonyl (C=O) groups is 1. The van der Waals surface area contributed by atoms with Crippen LogP contribution in [0.15, 0.2) is 47.4 Å². The second-order valence-corrected chi connectivity index (χ2v) is 9.66. The lowest BCUT2D eigenvalue weighted by atomic mass is 9.96. The average molecular weight is 451 g/mol. The molecule has 0 spiro atoms. The highest BCUT2D eigenvalue weighted by Gasteiger charge is 2.22. The zero-order chi connectivity index (χ0) is 21.6. The fraction of sp³-hybridized carbons (Fsp3) is 0.409. The van der Waals surface area contributed by atoms with E-state index in [1.165, 1.54) is 6.07 Å². The van der Waals surface area contributed by atoms with Crippen molar-refractivity contribution in [1.82, 2.24) is 10.0 Å². The molecule has 0 saturated heterocycles. The molecule has 6 nitrogen and oxygen atoms in total. The number of aryl methyl sites for hydroxylation is 1. The van der Waals surface area contributed by atoms with Crippen molar-refractivity contribution >= 4 is 27.5 Å². The van der Waals surface area contributed by atoms with E-state index >= 15 is 0 Å². The number of nitrogens with one attached hydrogen (secondary N) is 2. The molecule has 1 amide bonds. The first-order valence-corrected chi connectivity index (χ1v) is 12.0. The molecule has 0 radical (unpaired) electrons. The highest BCUT2D eigenvalue weighted by atomic mass is 35.5. The number of sulfonamides is 1. The van der Waals surface area contributed by atoms with Crippen molar-refractivity contribution < 1.29 is 17.9 Å². The van der Waals surface area contributed by atoms with Gasteiger partial charge in [-0.2, -0.15) is 0 Å². The molecule has 2 aromatic rings. The maximum absolute atomic E-state index is 12.7. The largest absolute Gasteiger partial charge is 0.484 e. The van der Waals surface area contributed by atoms with Crippen molar-refractivity contribution in [3.05, 3.63) is 58.6 Å². The number of ether oxygens (including phenoxy) is 1. The van der Waals surface area contributed by atoms with E-state index in [0.29, 0.717) is 22.9 Å². The zero-order valence-electron chi connectivity index (χ0n) is 17.0. The molecule has 0 atom stereocenters. The molecule has 0 bridgehead atoms. The Morgan fingerprint density at radius 3 is 2.57 bits per heavy atom. The standard InChI is InChI=1S/C22H27ClN2O4S/c1-16-13-19(30(27,28)25-18-8-3-2-4-9-18)11-12-21(16)29-15-22(26)24-14-17-7-5-6-10-20(17)23/h5-7,10-13,18,25H,2-4,8-9,14-15H2,1H3,(H,24,26). The number of benzene rings is 2. The summed E-state index contributed by atoms with van der Waals surface area (Å²) in [5, 5.41) is 3.35. The zero-order valence-corrected chi connectivity index (χ0v) is 18.6. The molecule has 1 saturated carbocycles. The van der Waals surface area contributed by atoms with E-state index in [4.69, 9.17) is 16.3 Å². The number of rotatable bonds is 8. The number of hydrogen-bond donors (Lipinski definition) is 2. The van der Waals surface area contributed by atoms with Gasteiger partial charge in [0.25, 0.3) is 5.91 Å². The van der Waals surface area contributed by atoms with Crippen LogP contribution in [0.2, 0.25) is 5.02 Å². The Kier molecular flexibility index (Phi) is 7.75. The van der Waals surface area contributed by atoms with Crippen LogP contribution in [0.25, 0.3) is 0 Å². The molecule has 30 heavy (non-hydrogen) atoms.